The molecule has 98 heavy (non-hydrogen) atoms. The highest BCUT2D eigenvalue weighted by Gasteiger charge is 2.40. The molecule has 10 heterocycles. The lowest BCUT2D eigenvalue weighted by atomic mass is 9.91. The molecule has 2 amide bonds. The number of halogens is 4. The molecule has 0 spiro atoms. The molecule has 22 nitrogen and oxygen atoms in total. The first-order valence-corrected chi connectivity index (χ1v) is 33.3. The Morgan fingerprint density at radius 2 is 1.34 bits per heavy atom. The summed E-state index contributed by atoms with van der Waals surface area (Å²) in [6.45, 7) is 21.5. The van der Waals surface area contributed by atoms with Crippen LogP contribution in [0, 0.1) is 35.1 Å². The first kappa shape index (κ1) is 67.2. The van der Waals surface area contributed by atoms with Crippen molar-refractivity contribution in [3.05, 3.63) is 159 Å². The van der Waals surface area contributed by atoms with E-state index in [2.05, 4.69) is 23.1 Å². The quantitative estimate of drug-likeness (QED) is 0.0767. The fourth-order valence-electron chi connectivity index (χ4n) is 14.3. The van der Waals surface area contributed by atoms with Gasteiger partial charge in [0.05, 0.1) is 51.6 Å². The van der Waals surface area contributed by atoms with Gasteiger partial charge in [0.15, 0.2) is 22.9 Å². The highest BCUT2D eigenvalue weighted by molar-refractivity contribution is 5.94. The van der Waals surface area contributed by atoms with Gasteiger partial charge in [0.1, 0.15) is 83.8 Å². The van der Waals surface area contributed by atoms with Crippen molar-refractivity contribution in [2.45, 2.75) is 116 Å². The minimum atomic E-state index is -1.52. The van der Waals surface area contributed by atoms with Crippen LogP contribution in [0.1, 0.15) is 90.2 Å². The van der Waals surface area contributed by atoms with Crippen molar-refractivity contribution >= 4 is 51.2 Å². The number of hydrogen-bond acceptors (Lipinski definition) is 18. The number of piperazine rings is 2. The molecule has 2 saturated heterocycles. The molecule has 2 N–H and O–H groups in total. The third kappa shape index (κ3) is 12.4. The summed E-state index contributed by atoms with van der Waals surface area (Å²) in [7, 11) is 0. The summed E-state index contributed by atoms with van der Waals surface area (Å²) < 4.78 is 97.8. The third-order valence-electron chi connectivity index (χ3n) is 19.3. The lowest BCUT2D eigenvalue weighted by molar-refractivity contribution is -0.127. The van der Waals surface area contributed by atoms with Crippen molar-refractivity contribution in [2.75, 3.05) is 82.0 Å². The van der Waals surface area contributed by atoms with E-state index in [1.807, 2.05) is 50.6 Å². The Morgan fingerprint density at radius 1 is 0.735 bits per heavy atom. The predicted molar refractivity (Wildman–Crippen MR) is 360 cm³/mol. The Balaban J connectivity index is 0.993. The van der Waals surface area contributed by atoms with Crippen molar-refractivity contribution in [1.82, 2.24) is 48.8 Å². The number of ether oxygens (including phenoxy) is 4. The monoisotopic (exact) mass is 1350 g/mol. The first-order chi connectivity index (χ1) is 47.1. The van der Waals surface area contributed by atoms with E-state index >= 15 is 27.2 Å². The number of pyridine rings is 3. The fraction of sp³-hybridized carbons (Fsp3) is 0.431. The zero-order valence-electron chi connectivity index (χ0n) is 55.6. The maximum Gasteiger partial charge on any atom is 0.355 e. The average molecular weight is 1350 g/mol. The molecule has 8 atom stereocenters. The number of nitrogens with zero attached hydrogens (tertiary/aromatic N) is 12. The maximum absolute atomic E-state index is 18.1. The summed E-state index contributed by atoms with van der Waals surface area (Å²) in [5.41, 5.74) is -2.64. The standard InChI is InChI=1S/C72H78F4N12O10/c1-10-56(90)83-22-24-85(39(7)32-83)67-46-29-51(76)62-59-49(74)27-43(28-54(59)97-36-55(95-12-3)65(92)44-19-21-82(31-37(4)5)41(9)63(44)87(69(46)79-62)71(93)80-67)26-38(6)60-64-45(18-20-77-60)66(98-34-42-16-17-42)52(89)35-96-53-15-13-14-48(73)58(53)61-50(75)30-47-68(81-72(94)88(64)70(47)78-61)86-25-23-84(33-40(86)8)57(91)11-2/h10-11,13-15,18-21,27-30,37-42,52,55,65-66,89,92H,1-2,12,16-17,22-26,31-36H2,3-9H3/t38?,39-,40-,41+,52?,55?,65?,66?/m0/s1. The van der Waals surface area contributed by atoms with E-state index in [9.17, 15) is 19.8 Å². The number of benzene rings is 2. The van der Waals surface area contributed by atoms with Crippen molar-refractivity contribution < 1.29 is 56.3 Å². The van der Waals surface area contributed by atoms with Crippen molar-refractivity contribution in [1.29, 1.82) is 0 Å². The van der Waals surface area contributed by atoms with E-state index < -0.39 is 113 Å². The lowest BCUT2D eigenvalue weighted by Crippen LogP contribution is -2.54. The molecule has 2 aromatic carbocycles. The summed E-state index contributed by atoms with van der Waals surface area (Å²) in [4.78, 5) is 89.4. The number of carbonyl (C=O) groups is 2. The Labute approximate surface area is 562 Å². The van der Waals surface area contributed by atoms with Gasteiger partial charge < -0.3 is 53.7 Å². The molecule has 5 aromatic heterocycles. The van der Waals surface area contributed by atoms with E-state index in [1.165, 1.54) is 53.2 Å². The van der Waals surface area contributed by atoms with Crippen LogP contribution in [0.3, 0.4) is 0 Å². The number of anilines is 2. The topological polar surface area (TPSA) is 236 Å². The van der Waals surface area contributed by atoms with Crippen molar-refractivity contribution in [2.24, 2.45) is 11.8 Å². The minimum absolute atomic E-state index is 0.0234. The fourth-order valence-corrected chi connectivity index (χ4v) is 14.3. The number of amides is 2. The molecule has 0 radical (unpaired) electrons. The number of aliphatic hydroxyl groups is 2. The van der Waals surface area contributed by atoms with Crippen LogP contribution in [0.15, 0.2) is 107 Å². The summed E-state index contributed by atoms with van der Waals surface area (Å²) >= 11 is 0. The SMILES string of the molecule is C=CC(=O)N1CCN(c2nc(=O)n3c4nc(c(F)cc24)-c2c(F)cc(CC(C)c4nccc5c4-n4c(=O)nc(N6CCN(C(=O)C=C)C[C@@H]6C)c6cc(F)c(nc64)-c4c(F)cccc4OCC(O)C5OCC4CC4)cc2OCC(OCC)C(O)C2=C3[C@@H](C)N(CC(C)C)C=C2)[C@@H](C)C1. The minimum Gasteiger partial charge on any atom is -0.490 e. The first-order valence-electron chi connectivity index (χ1n) is 33.3. The highest BCUT2D eigenvalue weighted by Crippen LogP contribution is 2.45. The van der Waals surface area contributed by atoms with Gasteiger partial charge in [0.2, 0.25) is 11.8 Å². The van der Waals surface area contributed by atoms with Gasteiger partial charge in [-0.25, -0.2) is 46.3 Å². The lowest BCUT2D eigenvalue weighted by Gasteiger charge is -2.41. The number of aliphatic hydroxyl groups excluding tert-OH is 2. The Bertz CT molecular complexity index is 4560. The number of fused-ring (bicyclic) bond motifs is 9. The van der Waals surface area contributed by atoms with Crippen molar-refractivity contribution in [3.63, 3.8) is 0 Å². The smallest absolute Gasteiger partial charge is 0.355 e. The zero-order chi connectivity index (χ0) is 69.3. The molecule has 13 rings (SSSR count). The van der Waals surface area contributed by atoms with Gasteiger partial charge in [-0.3, -0.25) is 14.6 Å². The normalized spacial score (nSPS) is 22.1. The molecule has 5 aliphatic heterocycles. The van der Waals surface area contributed by atoms with Crippen LogP contribution < -0.4 is 30.7 Å². The number of aromatic nitrogens is 7. The summed E-state index contributed by atoms with van der Waals surface area (Å²) in [5.74, 6) is -5.27. The molecule has 7 aromatic rings. The molecule has 514 valence electrons. The van der Waals surface area contributed by atoms with Crippen LogP contribution in [0.2, 0.25) is 0 Å². The van der Waals surface area contributed by atoms with Crippen LogP contribution in [-0.4, -0.2) is 179 Å². The van der Waals surface area contributed by atoms with Gasteiger partial charge in [-0.2, -0.15) is 9.97 Å². The largest absolute Gasteiger partial charge is 0.490 e. The van der Waals surface area contributed by atoms with Crippen molar-refractivity contribution in [3.8, 4) is 39.7 Å². The van der Waals surface area contributed by atoms with Crippen LogP contribution in [0.4, 0.5) is 29.2 Å². The maximum atomic E-state index is 18.1. The molecule has 6 aliphatic rings. The average Bonchev–Trinajstić information content (AvgIpc) is 1.00. The second kappa shape index (κ2) is 27.2. The van der Waals surface area contributed by atoms with E-state index in [4.69, 9.17) is 33.9 Å². The molecule has 3 fully saturated rings. The molecular weight excluding hydrogens is 1270 g/mol. The third-order valence-corrected chi connectivity index (χ3v) is 19.3. The molecule has 1 aliphatic carbocycles. The molecule has 5 unspecified atom stereocenters. The van der Waals surface area contributed by atoms with Crippen LogP contribution in [0.25, 0.3) is 56.0 Å². The predicted octanol–water partition coefficient (Wildman–Crippen LogP) is 8.43. The van der Waals surface area contributed by atoms with Gasteiger partial charge in [0.25, 0.3) is 0 Å². The number of rotatable bonds is 14. The van der Waals surface area contributed by atoms with Crippen LogP contribution in [0.5, 0.6) is 11.5 Å². The van der Waals surface area contributed by atoms with Gasteiger partial charge in [0, 0.05) is 94.0 Å². The van der Waals surface area contributed by atoms with Gasteiger partial charge in [-0.15, -0.1) is 0 Å². The highest BCUT2D eigenvalue weighted by atomic mass is 19.1. The number of carbonyl (C=O) groups excluding carboxylic acids is 2. The summed E-state index contributed by atoms with van der Waals surface area (Å²) in [6, 6.07) is 8.96. The van der Waals surface area contributed by atoms with E-state index in [0.717, 1.165) is 29.5 Å². The second-order valence-electron chi connectivity index (χ2n) is 26.6. The van der Waals surface area contributed by atoms with Crippen LogP contribution in [-0.2, 0) is 25.5 Å². The number of hydrogen-bond donors (Lipinski definition) is 2. The molecular formula is C72H78F4N12O10. The van der Waals surface area contributed by atoms with Gasteiger partial charge in [-0.05, 0) is 125 Å². The molecule has 26 heteroatoms. The zero-order valence-corrected chi connectivity index (χ0v) is 55.6. The summed E-state index contributed by atoms with van der Waals surface area (Å²) in [6.07, 6.45) is 3.63. The molecule has 4 bridgehead atoms. The van der Waals surface area contributed by atoms with E-state index in [1.54, 1.807) is 40.7 Å². The van der Waals surface area contributed by atoms with E-state index in [0.29, 0.717) is 6.54 Å². The Kier molecular flexibility index (Phi) is 18.6. The second-order valence-corrected chi connectivity index (χ2v) is 26.6. The van der Waals surface area contributed by atoms with Gasteiger partial charge in [-0.1, -0.05) is 40.0 Å². The van der Waals surface area contributed by atoms with Crippen LogP contribution >= 0.6 is 0 Å². The van der Waals surface area contributed by atoms with Gasteiger partial charge >= 0.3 is 11.4 Å². The summed E-state index contributed by atoms with van der Waals surface area (Å²) in [5, 5.41) is 25.3. The Morgan fingerprint density at radius 3 is 1.93 bits per heavy atom. The molecule has 1 saturated carbocycles. The Hall–Kier alpha value is -9.37. The van der Waals surface area contributed by atoms with E-state index in [-0.39, 0.29) is 167 Å².